The Kier molecular flexibility index (Phi) is 1.24. The highest BCUT2D eigenvalue weighted by atomic mass is 35.5. The van der Waals surface area contributed by atoms with Crippen molar-refractivity contribution in [2.24, 2.45) is 0 Å². The molecule has 0 radical (unpaired) electrons. The van der Waals surface area contributed by atoms with Gasteiger partial charge in [0.25, 0.3) is 0 Å². The highest BCUT2D eigenvalue weighted by Crippen LogP contribution is 2.14. The lowest BCUT2D eigenvalue weighted by molar-refractivity contribution is 0.496. The van der Waals surface area contributed by atoms with E-state index >= 15 is 0 Å². The molecule has 0 amide bonds. The van der Waals surface area contributed by atoms with E-state index < -0.39 is 0 Å². The number of halogens is 1. The first-order valence-corrected chi connectivity index (χ1v) is 2.73. The summed E-state index contributed by atoms with van der Waals surface area (Å²) in [5.41, 5.74) is 0. The SMILES string of the molecule is CN1C=C(Cl)CC1. The fraction of sp³-hybridized carbons (Fsp3) is 0.600. The van der Waals surface area contributed by atoms with Crippen molar-refractivity contribution in [3.05, 3.63) is 11.2 Å². The van der Waals surface area contributed by atoms with E-state index in [1.807, 2.05) is 13.2 Å². The third-order valence-electron chi connectivity index (χ3n) is 1.06. The molecule has 1 aliphatic heterocycles. The zero-order valence-electron chi connectivity index (χ0n) is 4.32. The predicted octanol–water partition coefficient (Wildman–Crippen LogP) is 1.40. The maximum absolute atomic E-state index is 5.63. The fourth-order valence-corrected chi connectivity index (χ4v) is 0.903. The summed E-state index contributed by atoms with van der Waals surface area (Å²) in [6.07, 6.45) is 2.99. The third-order valence-corrected chi connectivity index (χ3v) is 1.35. The third kappa shape index (κ3) is 1.10. The summed E-state index contributed by atoms with van der Waals surface area (Å²) < 4.78 is 0. The molecular formula is C5H8ClN. The summed E-state index contributed by atoms with van der Waals surface area (Å²) in [7, 11) is 2.02. The smallest absolute Gasteiger partial charge is 0.0356 e. The van der Waals surface area contributed by atoms with Crippen LogP contribution in [-0.2, 0) is 0 Å². The van der Waals surface area contributed by atoms with Crippen LogP contribution >= 0.6 is 11.6 Å². The highest BCUT2D eigenvalue weighted by Gasteiger charge is 2.03. The number of hydrogen-bond acceptors (Lipinski definition) is 1. The summed E-state index contributed by atoms with van der Waals surface area (Å²) in [5, 5.41) is 0.975. The van der Waals surface area contributed by atoms with E-state index in [1.54, 1.807) is 0 Å². The molecule has 0 saturated heterocycles. The van der Waals surface area contributed by atoms with Gasteiger partial charge in [0.2, 0.25) is 0 Å². The second-order valence-corrected chi connectivity index (χ2v) is 2.29. The first-order valence-electron chi connectivity index (χ1n) is 2.35. The van der Waals surface area contributed by atoms with Crippen molar-refractivity contribution in [1.29, 1.82) is 0 Å². The van der Waals surface area contributed by atoms with Crippen molar-refractivity contribution in [2.75, 3.05) is 13.6 Å². The highest BCUT2D eigenvalue weighted by molar-refractivity contribution is 6.29. The van der Waals surface area contributed by atoms with E-state index in [9.17, 15) is 0 Å². The van der Waals surface area contributed by atoms with Crippen LogP contribution in [0.15, 0.2) is 11.2 Å². The van der Waals surface area contributed by atoms with E-state index in [-0.39, 0.29) is 0 Å². The first kappa shape index (κ1) is 4.98. The molecule has 1 heterocycles. The number of nitrogens with zero attached hydrogens (tertiary/aromatic N) is 1. The number of hydrogen-bond donors (Lipinski definition) is 0. The van der Waals surface area contributed by atoms with Crippen molar-refractivity contribution in [1.82, 2.24) is 4.90 Å². The van der Waals surface area contributed by atoms with Gasteiger partial charge in [-0.05, 0) is 0 Å². The average Bonchev–Trinajstić information content (AvgIpc) is 1.87. The molecule has 1 nitrogen and oxygen atoms in total. The zero-order valence-corrected chi connectivity index (χ0v) is 5.07. The minimum atomic E-state index is 0.975. The molecule has 2 heteroatoms. The van der Waals surface area contributed by atoms with Gasteiger partial charge in [-0.3, -0.25) is 0 Å². The van der Waals surface area contributed by atoms with Crippen LogP contribution in [0.2, 0.25) is 0 Å². The molecule has 0 aromatic heterocycles. The van der Waals surface area contributed by atoms with Crippen LogP contribution in [0, 0.1) is 0 Å². The van der Waals surface area contributed by atoms with Crippen molar-refractivity contribution >= 4 is 11.6 Å². The Morgan fingerprint density at radius 2 is 2.57 bits per heavy atom. The van der Waals surface area contributed by atoms with E-state index in [0.717, 1.165) is 18.0 Å². The van der Waals surface area contributed by atoms with Crippen molar-refractivity contribution in [2.45, 2.75) is 6.42 Å². The molecule has 0 spiro atoms. The Labute approximate surface area is 48.6 Å². The fourth-order valence-electron chi connectivity index (χ4n) is 0.651. The molecule has 0 aromatic carbocycles. The topological polar surface area (TPSA) is 3.24 Å². The maximum Gasteiger partial charge on any atom is 0.0356 e. The van der Waals surface area contributed by atoms with Gasteiger partial charge in [-0.2, -0.15) is 0 Å². The number of rotatable bonds is 0. The van der Waals surface area contributed by atoms with Gasteiger partial charge in [0.15, 0.2) is 0 Å². The maximum atomic E-state index is 5.63. The predicted molar refractivity (Wildman–Crippen MR) is 31.2 cm³/mol. The Morgan fingerprint density at radius 3 is 2.71 bits per heavy atom. The lowest BCUT2D eigenvalue weighted by atomic mass is 10.5. The molecule has 1 aliphatic rings. The van der Waals surface area contributed by atoms with Crippen LogP contribution in [0.25, 0.3) is 0 Å². The largest absolute Gasteiger partial charge is 0.379 e. The standard InChI is InChI=1S/C5H8ClN/c1-7-3-2-5(6)4-7/h4H,2-3H2,1H3. The van der Waals surface area contributed by atoms with Crippen molar-refractivity contribution < 1.29 is 0 Å². The lowest BCUT2D eigenvalue weighted by Gasteiger charge is -2.02. The van der Waals surface area contributed by atoms with Crippen LogP contribution in [0.1, 0.15) is 6.42 Å². The van der Waals surface area contributed by atoms with Crippen LogP contribution < -0.4 is 0 Å². The Hall–Kier alpha value is -0.170. The Morgan fingerprint density at radius 1 is 1.86 bits per heavy atom. The zero-order chi connectivity index (χ0) is 5.28. The van der Waals surface area contributed by atoms with E-state index in [4.69, 9.17) is 11.6 Å². The summed E-state index contributed by atoms with van der Waals surface area (Å²) in [6, 6.07) is 0. The van der Waals surface area contributed by atoms with Crippen LogP contribution in [0.4, 0.5) is 0 Å². The molecular weight excluding hydrogens is 110 g/mol. The van der Waals surface area contributed by atoms with Gasteiger partial charge in [0.05, 0.1) is 0 Å². The van der Waals surface area contributed by atoms with Crippen LogP contribution in [0.3, 0.4) is 0 Å². The normalized spacial score (nSPS) is 20.3. The molecule has 0 saturated carbocycles. The van der Waals surface area contributed by atoms with Crippen LogP contribution in [0.5, 0.6) is 0 Å². The van der Waals surface area contributed by atoms with Crippen LogP contribution in [-0.4, -0.2) is 18.5 Å². The molecule has 40 valence electrons. The molecule has 0 fully saturated rings. The molecule has 0 aliphatic carbocycles. The van der Waals surface area contributed by atoms with E-state index in [2.05, 4.69) is 4.90 Å². The summed E-state index contributed by atoms with van der Waals surface area (Å²) in [5.74, 6) is 0. The van der Waals surface area contributed by atoms with E-state index in [0.29, 0.717) is 0 Å². The minimum absolute atomic E-state index is 0.975. The van der Waals surface area contributed by atoms with Crippen molar-refractivity contribution in [3.63, 3.8) is 0 Å². The summed E-state index contributed by atoms with van der Waals surface area (Å²) in [4.78, 5) is 2.09. The van der Waals surface area contributed by atoms with E-state index in [1.165, 1.54) is 0 Å². The second kappa shape index (κ2) is 1.74. The first-order chi connectivity index (χ1) is 3.29. The molecule has 0 bridgehead atoms. The van der Waals surface area contributed by atoms with Gasteiger partial charge in [0, 0.05) is 31.2 Å². The second-order valence-electron chi connectivity index (χ2n) is 1.81. The summed E-state index contributed by atoms with van der Waals surface area (Å²) in [6.45, 7) is 1.08. The molecule has 0 unspecified atom stereocenters. The quantitative estimate of drug-likeness (QED) is 0.464. The lowest BCUT2D eigenvalue weighted by Crippen LogP contribution is -2.04. The summed E-state index contributed by atoms with van der Waals surface area (Å²) >= 11 is 5.63. The Balaban J connectivity index is 2.50. The van der Waals surface area contributed by atoms with Gasteiger partial charge in [0.1, 0.15) is 0 Å². The Bertz CT molecular complexity index is 98.3. The molecule has 0 atom stereocenters. The molecule has 7 heavy (non-hydrogen) atoms. The molecule has 0 aromatic rings. The minimum Gasteiger partial charge on any atom is -0.379 e. The monoisotopic (exact) mass is 117 g/mol. The molecule has 1 rings (SSSR count). The molecule has 0 N–H and O–H groups in total. The van der Waals surface area contributed by atoms with Crippen molar-refractivity contribution in [3.8, 4) is 0 Å². The average molecular weight is 118 g/mol. The van der Waals surface area contributed by atoms with Gasteiger partial charge in [-0.25, -0.2) is 0 Å². The van der Waals surface area contributed by atoms with Gasteiger partial charge < -0.3 is 4.90 Å². The van der Waals surface area contributed by atoms with Gasteiger partial charge >= 0.3 is 0 Å². The van der Waals surface area contributed by atoms with Gasteiger partial charge in [-0.15, -0.1) is 0 Å². The van der Waals surface area contributed by atoms with Gasteiger partial charge in [-0.1, -0.05) is 11.6 Å².